The Morgan fingerprint density at radius 3 is 1.97 bits per heavy atom. The number of H-pyrrole nitrogens is 2. The average molecular weight is 437 g/mol. The predicted molar refractivity (Wildman–Crippen MR) is 112 cm³/mol. The molecule has 2 aromatic heterocycles. The van der Waals surface area contributed by atoms with Crippen LogP contribution in [0.25, 0.3) is 44.9 Å². The van der Waals surface area contributed by atoms with Crippen molar-refractivity contribution in [2.24, 2.45) is 0 Å². The first-order chi connectivity index (χ1) is 15.3. The Labute approximate surface area is 178 Å². The van der Waals surface area contributed by atoms with E-state index in [1.807, 2.05) is 36.4 Å². The highest BCUT2D eigenvalue weighted by Gasteiger charge is 2.30. The van der Waals surface area contributed by atoms with Crippen LogP contribution in [-0.4, -0.2) is 20.1 Å². The predicted octanol–water partition coefficient (Wildman–Crippen LogP) is 5.57. The number of oxazole rings is 1. The van der Waals surface area contributed by atoms with E-state index in [0.29, 0.717) is 22.4 Å². The van der Waals surface area contributed by atoms with Gasteiger partial charge in [-0.15, -0.1) is 0 Å². The number of fused-ring (bicyclic) bond motifs is 1. The minimum atomic E-state index is -4.41. The number of imidazole rings is 1. The lowest BCUT2D eigenvalue weighted by Gasteiger charge is -2.05. The Bertz CT molecular complexity index is 1480. The largest absolute Gasteiger partial charge is 0.492 e. The number of rotatable bonds is 3. The highest BCUT2D eigenvalue weighted by Crippen LogP contribution is 2.32. The number of aromatic hydroxyl groups is 1. The quantitative estimate of drug-likeness (QED) is 0.344. The van der Waals surface area contributed by atoms with Crippen LogP contribution in [-0.2, 0) is 6.18 Å². The van der Waals surface area contributed by atoms with Gasteiger partial charge in [0, 0.05) is 11.1 Å². The summed E-state index contributed by atoms with van der Waals surface area (Å²) in [5.74, 6) is -0.535. The molecule has 5 aromatic rings. The van der Waals surface area contributed by atoms with Gasteiger partial charge in [0.2, 0.25) is 5.88 Å². The SMILES string of the molecule is O=c1[nH]c(O)c(-c2ccc(-c3ccc(-c4nc5ccc(C(F)(F)F)cc5[nH]4)cc3)cc2)o1. The smallest absolute Gasteiger partial charge is 0.419 e. The second-order valence-corrected chi connectivity index (χ2v) is 7.16. The fourth-order valence-electron chi connectivity index (χ4n) is 3.47. The molecular weight excluding hydrogens is 423 g/mol. The van der Waals surface area contributed by atoms with Gasteiger partial charge in [-0.2, -0.15) is 13.2 Å². The van der Waals surface area contributed by atoms with Crippen molar-refractivity contribution in [1.82, 2.24) is 15.0 Å². The minimum absolute atomic E-state index is 0.0652. The normalized spacial score (nSPS) is 11.8. The third-order valence-electron chi connectivity index (χ3n) is 5.08. The van der Waals surface area contributed by atoms with E-state index in [0.717, 1.165) is 28.8 Å². The maximum atomic E-state index is 12.9. The second kappa shape index (κ2) is 7.16. The molecule has 3 N–H and O–H groups in total. The van der Waals surface area contributed by atoms with Crippen molar-refractivity contribution in [3.8, 4) is 39.7 Å². The van der Waals surface area contributed by atoms with E-state index in [2.05, 4.69) is 15.0 Å². The van der Waals surface area contributed by atoms with Crippen LogP contribution < -0.4 is 5.76 Å². The van der Waals surface area contributed by atoms with Gasteiger partial charge in [-0.1, -0.05) is 48.5 Å². The number of alkyl halides is 3. The van der Waals surface area contributed by atoms with E-state index < -0.39 is 17.5 Å². The van der Waals surface area contributed by atoms with Crippen molar-refractivity contribution >= 4 is 11.0 Å². The van der Waals surface area contributed by atoms with Crippen molar-refractivity contribution in [2.45, 2.75) is 6.18 Å². The second-order valence-electron chi connectivity index (χ2n) is 7.16. The fraction of sp³-hybridized carbons (Fsp3) is 0.0435. The van der Waals surface area contributed by atoms with Gasteiger partial charge in [-0.05, 0) is 29.3 Å². The van der Waals surface area contributed by atoms with E-state index in [9.17, 15) is 23.1 Å². The third-order valence-corrected chi connectivity index (χ3v) is 5.08. The number of aromatic nitrogens is 3. The topological polar surface area (TPSA) is 94.9 Å². The molecule has 0 aliphatic rings. The van der Waals surface area contributed by atoms with Crippen LogP contribution in [0.5, 0.6) is 5.88 Å². The van der Waals surface area contributed by atoms with Crippen LogP contribution in [0.3, 0.4) is 0 Å². The van der Waals surface area contributed by atoms with Crippen LogP contribution in [0, 0.1) is 0 Å². The van der Waals surface area contributed by atoms with E-state index in [4.69, 9.17) is 4.42 Å². The molecule has 0 radical (unpaired) electrons. The summed E-state index contributed by atoms with van der Waals surface area (Å²) in [6, 6.07) is 17.8. The zero-order valence-corrected chi connectivity index (χ0v) is 16.2. The van der Waals surface area contributed by atoms with Crippen LogP contribution in [0.4, 0.5) is 13.2 Å². The Balaban J connectivity index is 1.41. The van der Waals surface area contributed by atoms with E-state index in [1.165, 1.54) is 6.07 Å². The van der Waals surface area contributed by atoms with Gasteiger partial charge < -0.3 is 14.5 Å². The summed E-state index contributed by atoms with van der Waals surface area (Å²) in [6.45, 7) is 0. The lowest BCUT2D eigenvalue weighted by Crippen LogP contribution is -2.04. The number of hydrogen-bond acceptors (Lipinski definition) is 4. The van der Waals surface area contributed by atoms with Gasteiger partial charge in [-0.25, -0.2) is 9.78 Å². The van der Waals surface area contributed by atoms with Gasteiger partial charge in [0.05, 0.1) is 16.6 Å². The highest BCUT2D eigenvalue weighted by atomic mass is 19.4. The highest BCUT2D eigenvalue weighted by molar-refractivity contribution is 5.81. The summed E-state index contributed by atoms with van der Waals surface area (Å²) < 4.78 is 43.7. The van der Waals surface area contributed by atoms with Gasteiger partial charge in [0.1, 0.15) is 5.82 Å². The number of halogens is 3. The fourth-order valence-corrected chi connectivity index (χ4v) is 3.47. The molecule has 0 bridgehead atoms. The first kappa shape index (κ1) is 19.7. The Morgan fingerprint density at radius 1 is 0.812 bits per heavy atom. The van der Waals surface area contributed by atoms with E-state index in [-0.39, 0.29) is 11.6 Å². The monoisotopic (exact) mass is 437 g/mol. The van der Waals surface area contributed by atoms with Crippen molar-refractivity contribution in [3.63, 3.8) is 0 Å². The molecule has 0 aliphatic heterocycles. The lowest BCUT2D eigenvalue weighted by molar-refractivity contribution is -0.137. The summed E-state index contributed by atoms with van der Waals surface area (Å²) in [6.07, 6.45) is -4.41. The molecule has 9 heteroatoms. The van der Waals surface area contributed by atoms with E-state index in [1.54, 1.807) is 12.1 Å². The molecule has 0 amide bonds. The number of nitrogens with one attached hydrogen (secondary N) is 2. The maximum absolute atomic E-state index is 12.9. The molecule has 32 heavy (non-hydrogen) atoms. The summed E-state index contributed by atoms with van der Waals surface area (Å²) >= 11 is 0. The van der Waals surface area contributed by atoms with Crippen LogP contribution >= 0.6 is 0 Å². The van der Waals surface area contributed by atoms with Gasteiger partial charge in [0.15, 0.2) is 5.76 Å². The summed E-state index contributed by atoms with van der Waals surface area (Å²) in [5, 5.41) is 9.70. The minimum Gasteiger partial charge on any atom is -0.492 e. The maximum Gasteiger partial charge on any atom is 0.419 e. The summed E-state index contributed by atoms with van der Waals surface area (Å²) in [4.78, 5) is 20.7. The third kappa shape index (κ3) is 3.53. The Hall–Kier alpha value is -4.27. The molecule has 0 fully saturated rings. The van der Waals surface area contributed by atoms with Crippen molar-refractivity contribution < 1.29 is 22.7 Å². The summed E-state index contributed by atoms with van der Waals surface area (Å²) in [5.41, 5.74) is 3.09. The zero-order valence-electron chi connectivity index (χ0n) is 16.2. The summed E-state index contributed by atoms with van der Waals surface area (Å²) in [7, 11) is 0. The van der Waals surface area contributed by atoms with E-state index >= 15 is 0 Å². The number of nitrogens with zero attached hydrogens (tertiary/aromatic N) is 1. The molecule has 160 valence electrons. The average Bonchev–Trinajstić information content (AvgIpc) is 3.35. The van der Waals surface area contributed by atoms with Gasteiger partial charge in [-0.3, -0.25) is 4.98 Å². The molecule has 3 aromatic carbocycles. The van der Waals surface area contributed by atoms with Crippen LogP contribution in [0.2, 0.25) is 0 Å². The molecule has 0 aliphatic carbocycles. The molecule has 2 heterocycles. The van der Waals surface area contributed by atoms with Crippen LogP contribution in [0.15, 0.2) is 75.9 Å². The molecule has 5 rings (SSSR count). The van der Waals surface area contributed by atoms with Crippen molar-refractivity contribution in [2.75, 3.05) is 0 Å². The lowest BCUT2D eigenvalue weighted by atomic mass is 10.0. The van der Waals surface area contributed by atoms with Crippen molar-refractivity contribution in [3.05, 3.63) is 82.8 Å². The van der Waals surface area contributed by atoms with Crippen molar-refractivity contribution in [1.29, 1.82) is 0 Å². The number of hydrogen-bond donors (Lipinski definition) is 3. The number of aromatic amines is 2. The first-order valence-corrected chi connectivity index (χ1v) is 9.48. The molecule has 0 atom stereocenters. The number of benzene rings is 3. The Morgan fingerprint density at radius 2 is 1.41 bits per heavy atom. The zero-order chi connectivity index (χ0) is 22.5. The molecular formula is C23H14F3N3O3. The molecule has 0 saturated carbocycles. The molecule has 6 nitrogen and oxygen atoms in total. The molecule has 0 saturated heterocycles. The van der Waals surface area contributed by atoms with Gasteiger partial charge >= 0.3 is 11.9 Å². The molecule has 0 unspecified atom stereocenters. The van der Waals surface area contributed by atoms with Gasteiger partial charge in [0.25, 0.3) is 0 Å². The standard InChI is InChI=1S/C23H14F3N3O3/c24-23(25,26)16-9-10-17-18(11-16)28-20(27-17)15-7-3-13(4-8-15)12-1-5-14(6-2-12)19-21(30)29-22(31)32-19/h1-11,30H,(H,27,28)(H,29,31). The van der Waals surface area contributed by atoms with Crippen LogP contribution in [0.1, 0.15) is 5.56 Å². The first-order valence-electron chi connectivity index (χ1n) is 9.48. The molecule has 0 spiro atoms. The Kier molecular flexibility index (Phi) is 4.40.